The largest absolute Gasteiger partial charge is 0.366 e. The molecule has 0 aliphatic rings. The Bertz CT molecular complexity index is 840. The van der Waals surface area contributed by atoms with E-state index in [4.69, 9.17) is 11.6 Å². The molecule has 2 aromatic carbocycles. The normalized spacial score (nSPS) is 10.6. The van der Waals surface area contributed by atoms with Crippen molar-refractivity contribution >= 4 is 17.4 Å². The summed E-state index contributed by atoms with van der Waals surface area (Å²) in [6.07, 6.45) is 0. The molecule has 1 N–H and O–H groups in total. The molecule has 0 aliphatic heterocycles. The van der Waals surface area contributed by atoms with E-state index in [-0.39, 0.29) is 23.3 Å². The molecule has 116 valence electrons. The van der Waals surface area contributed by atoms with E-state index in [1.807, 2.05) is 0 Å². The maximum absolute atomic E-state index is 13.6. The van der Waals surface area contributed by atoms with Crippen molar-refractivity contribution in [1.82, 2.24) is 9.97 Å². The van der Waals surface area contributed by atoms with Gasteiger partial charge in [-0.25, -0.2) is 18.7 Å². The molecule has 3 rings (SSSR count). The maximum Gasteiger partial charge on any atom is 0.163 e. The minimum Gasteiger partial charge on any atom is -0.366 e. The number of aromatic nitrogens is 2. The molecular weight excluding hydrogens is 320 g/mol. The van der Waals surface area contributed by atoms with Crippen LogP contribution in [0.5, 0.6) is 0 Å². The molecule has 0 spiro atoms. The Hall–Kier alpha value is -2.53. The second-order valence-electron chi connectivity index (χ2n) is 4.85. The fourth-order valence-corrected chi connectivity index (χ4v) is 2.28. The first-order valence-electron chi connectivity index (χ1n) is 6.89. The Morgan fingerprint density at radius 2 is 1.78 bits per heavy atom. The molecule has 6 heteroatoms. The predicted molar refractivity (Wildman–Crippen MR) is 86.2 cm³/mol. The summed E-state index contributed by atoms with van der Waals surface area (Å²) in [5, 5.41) is 3.22. The summed E-state index contributed by atoms with van der Waals surface area (Å²) in [6.45, 7) is 0.253. The van der Waals surface area contributed by atoms with Crippen LogP contribution in [0.4, 0.5) is 14.6 Å². The Balaban J connectivity index is 1.85. The number of nitrogens with zero attached hydrogens (tertiary/aromatic N) is 2. The molecule has 1 heterocycles. The summed E-state index contributed by atoms with van der Waals surface area (Å²) < 4.78 is 26.9. The number of benzene rings is 2. The topological polar surface area (TPSA) is 37.8 Å². The highest BCUT2D eigenvalue weighted by molar-refractivity contribution is 6.29. The van der Waals surface area contributed by atoms with Crippen LogP contribution < -0.4 is 5.32 Å². The Labute approximate surface area is 137 Å². The van der Waals surface area contributed by atoms with Crippen LogP contribution in [-0.2, 0) is 6.54 Å². The Kier molecular flexibility index (Phi) is 4.48. The van der Waals surface area contributed by atoms with Crippen LogP contribution in [0.25, 0.3) is 11.4 Å². The van der Waals surface area contributed by atoms with Gasteiger partial charge in [-0.3, -0.25) is 0 Å². The van der Waals surface area contributed by atoms with Crippen LogP contribution in [0, 0.1) is 11.6 Å². The molecule has 0 atom stereocenters. The number of nitrogens with one attached hydrogen (secondary N) is 1. The van der Waals surface area contributed by atoms with Gasteiger partial charge in [-0.1, -0.05) is 41.9 Å². The van der Waals surface area contributed by atoms with Crippen molar-refractivity contribution in [1.29, 1.82) is 0 Å². The van der Waals surface area contributed by atoms with Crippen LogP contribution in [-0.4, -0.2) is 9.97 Å². The summed E-state index contributed by atoms with van der Waals surface area (Å²) in [4.78, 5) is 8.39. The molecule has 23 heavy (non-hydrogen) atoms. The van der Waals surface area contributed by atoms with Gasteiger partial charge in [-0.15, -0.1) is 0 Å². The Morgan fingerprint density at radius 1 is 0.957 bits per heavy atom. The van der Waals surface area contributed by atoms with Gasteiger partial charge in [0.1, 0.15) is 22.6 Å². The highest BCUT2D eigenvalue weighted by Gasteiger charge is 2.08. The van der Waals surface area contributed by atoms with E-state index in [9.17, 15) is 8.78 Å². The fraction of sp³-hybridized carbons (Fsp3) is 0.0588. The Morgan fingerprint density at radius 3 is 2.57 bits per heavy atom. The van der Waals surface area contributed by atoms with Crippen LogP contribution >= 0.6 is 11.6 Å². The van der Waals surface area contributed by atoms with Crippen LogP contribution in [0.15, 0.2) is 54.6 Å². The van der Waals surface area contributed by atoms with Gasteiger partial charge in [0.05, 0.1) is 0 Å². The van der Waals surface area contributed by atoms with Gasteiger partial charge in [0.25, 0.3) is 0 Å². The highest BCUT2D eigenvalue weighted by atomic mass is 35.5. The van der Waals surface area contributed by atoms with E-state index in [0.717, 1.165) is 0 Å². The number of rotatable bonds is 4. The van der Waals surface area contributed by atoms with Crippen molar-refractivity contribution in [2.75, 3.05) is 5.32 Å². The monoisotopic (exact) mass is 331 g/mol. The van der Waals surface area contributed by atoms with Crippen LogP contribution in [0.2, 0.25) is 5.15 Å². The van der Waals surface area contributed by atoms with Crippen molar-refractivity contribution in [3.05, 3.63) is 76.9 Å². The van der Waals surface area contributed by atoms with Gasteiger partial charge >= 0.3 is 0 Å². The summed E-state index contributed by atoms with van der Waals surface area (Å²) in [5.41, 5.74) is 1.02. The molecule has 0 amide bonds. The summed E-state index contributed by atoms with van der Waals surface area (Å²) >= 11 is 5.99. The molecule has 0 aliphatic carbocycles. The molecule has 0 unspecified atom stereocenters. The van der Waals surface area contributed by atoms with Gasteiger partial charge in [-0.2, -0.15) is 0 Å². The number of hydrogen-bond acceptors (Lipinski definition) is 3. The van der Waals surface area contributed by atoms with Crippen molar-refractivity contribution in [3.63, 3.8) is 0 Å². The zero-order valence-corrected chi connectivity index (χ0v) is 12.7. The fourth-order valence-electron chi connectivity index (χ4n) is 2.09. The molecule has 0 radical (unpaired) electrons. The van der Waals surface area contributed by atoms with Gasteiger partial charge in [0.15, 0.2) is 5.82 Å². The lowest BCUT2D eigenvalue weighted by atomic mass is 10.2. The molecule has 0 saturated heterocycles. The van der Waals surface area contributed by atoms with E-state index >= 15 is 0 Å². The van der Waals surface area contributed by atoms with Gasteiger partial charge < -0.3 is 5.32 Å². The second-order valence-corrected chi connectivity index (χ2v) is 5.24. The summed E-state index contributed by atoms with van der Waals surface area (Å²) in [5.74, 6) is 0.0537. The van der Waals surface area contributed by atoms with E-state index in [2.05, 4.69) is 15.3 Å². The summed E-state index contributed by atoms with van der Waals surface area (Å²) in [7, 11) is 0. The minimum absolute atomic E-state index is 0.218. The average molecular weight is 332 g/mol. The van der Waals surface area contributed by atoms with E-state index < -0.39 is 0 Å². The van der Waals surface area contributed by atoms with Gasteiger partial charge in [0, 0.05) is 23.7 Å². The van der Waals surface area contributed by atoms with Crippen LogP contribution in [0.1, 0.15) is 5.56 Å². The lowest BCUT2D eigenvalue weighted by Crippen LogP contribution is -2.04. The number of hydrogen-bond donors (Lipinski definition) is 1. The highest BCUT2D eigenvalue weighted by Crippen LogP contribution is 2.21. The standard InChI is InChI=1S/C17H12ClF2N3/c18-15-9-16(21-10-12-4-1-2-7-14(12)20)23-17(22-15)11-5-3-6-13(19)8-11/h1-9H,10H2,(H,21,22,23). The van der Waals surface area contributed by atoms with Crippen molar-refractivity contribution in [2.24, 2.45) is 0 Å². The molecule has 3 aromatic rings. The molecule has 1 aromatic heterocycles. The van der Waals surface area contributed by atoms with Crippen molar-refractivity contribution < 1.29 is 8.78 Å². The number of anilines is 1. The number of halogens is 3. The lowest BCUT2D eigenvalue weighted by Gasteiger charge is -2.09. The molecule has 0 fully saturated rings. The quantitative estimate of drug-likeness (QED) is 0.705. The van der Waals surface area contributed by atoms with E-state index in [0.29, 0.717) is 22.8 Å². The van der Waals surface area contributed by atoms with E-state index in [1.54, 1.807) is 30.3 Å². The first kappa shape index (κ1) is 15.4. The second kappa shape index (κ2) is 6.71. The third-order valence-corrected chi connectivity index (χ3v) is 3.39. The summed E-state index contributed by atoms with van der Waals surface area (Å²) in [6, 6.07) is 13.9. The zero-order chi connectivity index (χ0) is 16.2. The first-order chi connectivity index (χ1) is 11.1. The third-order valence-electron chi connectivity index (χ3n) is 3.20. The van der Waals surface area contributed by atoms with Gasteiger partial charge in [0.2, 0.25) is 0 Å². The zero-order valence-electron chi connectivity index (χ0n) is 11.9. The van der Waals surface area contributed by atoms with Gasteiger partial charge in [-0.05, 0) is 18.2 Å². The minimum atomic E-state index is -0.382. The van der Waals surface area contributed by atoms with Crippen LogP contribution in [0.3, 0.4) is 0 Å². The smallest absolute Gasteiger partial charge is 0.163 e. The molecule has 0 bridgehead atoms. The van der Waals surface area contributed by atoms with Crippen molar-refractivity contribution in [2.45, 2.75) is 6.54 Å². The van der Waals surface area contributed by atoms with Crippen molar-refractivity contribution in [3.8, 4) is 11.4 Å². The lowest BCUT2D eigenvalue weighted by molar-refractivity contribution is 0.613. The average Bonchev–Trinajstić information content (AvgIpc) is 2.54. The predicted octanol–water partition coefficient (Wildman–Crippen LogP) is 4.69. The first-order valence-corrected chi connectivity index (χ1v) is 7.27. The SMILES string of the molecule is Fc1cccc(-c2nc(Cl)cc(NCc3ccccc3F)n2)c1. The molecule has 3 nitrogen and oxygen atoms in total. The van der Waals surface area contributed by atoms with E-state index in [1.165, 1.54) is 24.3 Å². The maximum atomic E-state index is 13.6. The molecule has 0 saturated carbocycles. The molecular formula is C17H12ClF2N3. The third kappa shape index (κ3) is 3.81.